The van der Waals surface area contributed by atoms with Crippen molar-refractivity contribution >= 4 is 5.96 Å². The molecule has 1 aliphatic heterocycles. The molecule has 1 aromatic carbocycles. The van der Waals surface area contributed by atoms with E-state index in [9.17, 15) is 0 Å². The molecule has 1 heterocycles. The van der Waals surface area contributed by atoms with Gasteiger partial charge in [0.05, 0.1) is 14.2 Å². The molecule has 3 N–H and O–H groups in total. The van der Waals surface area contributed by atoms with E-state index in [1.54, 1.807) is 14.2 Å². The second-order valence-electron chi connectivity index (χ2n) is 6.39. The Hall–Kier alpha value is -1.95. The molecule has 0 spiro atoms. The molecule has 0 aromatic heterocycles. The van der Waals surface area contributed by atoms with Gasteiger partial charge in [0.2, 0.25) is 0 Å². The summed E-state index contributed by atoms with van der Waals surface area (Å²) in [4.78, 5) is 6.94. The maximum absolute atomic E-state index is 5.93. The summed E-state index contributed by atoms with van der Waals surface area (Å²) >= 11 is 0. The summed E-state index contributed by atoms with van der Waals surface area (Å²) in [7, 11) is 3.29. The lowest BCUT2D eigenvalue weighted by Crippen LogP contribution is -2.33. The van der Waals surface area contributed by atoms with E-state index < -0.39 is 0 Å². The van der Waals surface area contributed by atoms with Gasteiger partial charge in [-0.05, 0) is 69.4 Å². The minimum atomic E-state index is 0.529. The third-order valence-corrected chi connectivity index (χ3v) is 4.53. The van der Waals surface area contributed by atoms with Crippen molar-refractivity contribution in [2.24, 2.45) is 10.7 Å². The molecule has 0 bridgehead atoms. The minimum absolute atomic E-state index is 0.529. The van der Waals surface area contributed by atoms with Crippen molar-refractivity contribution < 1.29 is 9.47 Å². The summed E-state index contributed by atoms with van der Waals surface area (Å²) < 4.78 is 10.6. The molecule has 0 unspecified atom stereocenters. The lowest BCUT2D eigenvalue weighted by atomic mass is 10.1. The Kier molecular flexibility index (Phi) is 8.39. The standard InChI is InChI=1S/C19H32N4O2/c1-24-17-8-7-16(15-18(17)25-2)9-11-22-19(20)21-10-3-4-12-23-13-5-6-14-23/h7-8,15H,3-6,9-14H2,1-2H3,(H3,20,21,22). The highest BCUT2D eigenvalue weighted by atomic mass is 16.5. The zero-order valence-corrected chi connectivity index (χ0v) is 15.6. The van der Waals surface area contributed by atoms with Crippen molar-refractivity contribution in [2.45, 2.75) is 32.1 Å². The van der Waals surface area contributed by atoms with Gasteiger partial charge >= 0.3 is 0 Å². The van der Waals surface area contributed by atoms with Crippen LogP contribution in [0.1, 0.15) is 31.2 Å². The average molecular weight is 348 g/mol. The number of hydrogen-bond donors (Lipinski definition) is 2. The first-order valence-electron chi connectivity index (χ1n) is 9.20. The van der Waals surface area contributed by atoms with Crippen LogP contribution < -0.4 is 20.5 Å². The molecule has 0 saturated carbocycles. The molecule has 1 aliphatic rings. The predicted octanol–water partition coefficient (Wildman–Crippen LogP) is 2.03. The van der Waals surface area contributed by atoms with Gasteiger partial charge in [-0.15, -0.1) is 0 Å². The SMILES string of the molecule is COc1ccc(CCNC(N)=NCCCCN2CCCC2)cc1OC. The van der Waals surface area contributed by atoms with Crippen LogP contribution in [0.2, 0.25) is 0 Å². The highest BCUT2D eigenvalue weighted by molar-refractivity contribution is 5.77. The van der Waals surface area contributed by atoms with Crippen LogP contribution in [-0.2, 0) is 6.42 Å². The molecule has 0 amide bonds. The fourth-order valence-corrected chi connectivity index (χ4v) is 3.08. The van der Waals surface area contributed by atoms with Crippen LogP contribution in [0.25, 0.3) is 0 Å². The summed E-state index contributed by atoms with van der Waals surface area (Å²) in [6.45, 7) is 5.27. The Morgan fingerprint density at radius 3 is 2.64 bits per heavy atom. The van der Waals surface area contributed by atoms with E-state index in [1.165, 1.54) is 44.5 Å². The van der Waals surface area contributed by atoms with Crippen LogP contribution in [0.4, 0.5) is 0 Å². The number of ether oxygens (including phenoxy) is 2. The Labute approximate surface area is 151 Å². The number of guanidine groups is 1. The Balaban J connectivity index is 1.61. The molecule has 140 valence electrons. The summed E-state index contributed by atoms with van der Waals surface area (Å²) in [5, 5.41) is 3.17. The minimum Gasteiger partial charge on any atom is -0.493 e. The third-order valence-electron chi connectivity index (χ3n) is 4.53. The summed E-state index contributed by atoms with van der Waals surface area (Å²) in [5.74, 6) is 2.02. The van der Waals surface area contributed by atoms with Gasteiger partial charge in [0.15, 0.2) is 17.5 Å². The molecule has 1 fully saturated rings. The molecular formula is C19H32N4O2. The Morgan fingerprint density at radius 2 is 1.92 bits per heavy atom. The Bertz CT molecular complexity index is 542. The van der Waals surface area contributed by atoms with Crippen molar-refractivity contribution in [1.82, 2.24) is 10.2 Å². The number of unbranched alkanes of at least 4 members (excludes halogenated alkanes) is 1. The molecule has 0 atom stereocenters. The molecule has 6 heteroatoms. The smallest absolute Gasteiger partial charge is 0.188 e. The van der Waals surface area contributed by atoms with Crippen molar-refractivity contribution in [3.63, 3.8) is 0 Å². The highest BCUT2D eigenvalue weighted by Crippen LogP contribution is 2.27. The van der Waals surface area contributed by atoms with Gasteiger partial charge in [-0.3, -0.25) is 4.99 Å². The second-order valence-corrected chi connectivity index (χ2v) is 6.39. The molecule has 6 nitrogen and oxygen atoms in total. The topological polar surface area (TPSA) is 72.1 Å². The van der Waals surface area contributed by atoms with Crippen LogP contribution >= 0.6 is 0 Å². The zero-order valence-electron chi connectivity index (χ0n) is 15.6. The van der Waals surface area contributed by atoms with Crippen LogP contribution in [0.5, 0.6) is 11.5 Å². The summed E-state index contributed by atoms with van der Waals surface area (Å²) in [5.41, 5.74) is 7.10. The molecule has 0 aliphatic carbocycles. The van der Waals surface area contributed by atoms with E-state index in [1.807, 2.05) is 18.2 Å². The van der Waals surface area contributed by atoms with E-state index in [4.69, 9.17) is 15.2 Å². The van der Waals surface area contributed by atoms with Gasteiger partial charge in [0.25, 0.3) is 0 Å². The maximum Gasteiger partial charge on any atom is 0.188 e. The number of hydrogen-bond acceptors (Lipinski definition) is 4. The summed E-state index contributed by atoms with van der Waals surface area (Å²) in [6, 6.07) is 5.95. The molecule has 0 radical (unpaired) electrons. The number of nitrogens with zero attached hydrogens (tertiary/aromatic N) is 2. The highest BCUT2D eigenvalue weighted by Gasteiger charge is 2.09. The molecular weight excluding hydrogens is 316 g/mol. The number of methoxy groups -OCH3 is 2. The van der Waals surface area contributed by atoms with Gasteiger partial charge in [-0.1, -0.05) is 6.07 Å². The van der Waals surface area contributed by atoms with Gasteiger partial charge in [-0.2, -0.15) is 0 Å². The van der Waals surface area contributed by atoms with Gasteiger partial charge < -0.3 is 25.4 Å². The summed E-state index contributed by atoms with van der Waals surface area (Å²) in [6.07, 6.45) is 5.85. The predicted molar refractivity (Wildman–Crippen MR) is 103 cm³/mol. The lowest BCUT2D eigenvalue weighted by molar-refractivity contribution is 0.331. The Morgan fingerprint density at radius 1 is 1.16 bits per heavy atom. The fraction of sp³-hybridized carbons (Fsp3) is 0.632. The molecule has 1 aromatic rings. The maximum atomic E-state index is 5.93. The number of rotatable bonds is 10. The number of benzene rings is 1. The van der Waals surface area contributed by atoms with Crippen molar-refractivity contribution in [1.29, 1.82) is 0 Å². The van der Waals surface area contributed by atoms with Crippen molar-refractivity contribution in [3.05, 3.63) is 23.8 Å². The molecule has 2 rings (SSSR count). The van der Waals surface area contributed by atoms with E-state index in [2.05, 4.69) is 15.2 Å². The number of likely N-dealkylation sites (tertiary alicyclic amines) is 1. The van der Waals surface area contributed by atoms with E-state index >= 15 is 0 Å². The van der Waals surface area contributed by atoms with Crippen LogP contribution in [0.3, 0.4) is 0 Å². The van der Waals surface area contributed by atoms with Crippen molar-refractivity contribution in [2.75, 3.05) is 46.9 Å². The van der Waals surface area contributed by atoms with Crippen LogP contribution in [-0.4, -0.2) is 57.8 Å². The van der Waals surface area contributed by atoms with Gasteiger partial charge in [0, 0.05) is 13.1 Å². The van der Waals surface area contributed by atoms with Gasteiger partial charge in [-0.25, -0.2) is 0 Å². The van der Waals surface area contributed by atoms with Crippen LogP contribution in [0, 0.1) is 0 Å². The van der Waals surface area contributed by atoms with E-state index in [-0.39, 0.29) is 0 Å². The van der Waals surface area contributed by atoms with Crippen molar-refractivity contribution in [3.8, 4) is 11.5 Å². The van der Waals surface area contributed by atoms with Crippen LogP contribution in [0.15, 0.2) is 23.2 Å². The first-order chi connectivity index (χ1) is 12.2. The fourth-order valence-electron chi connectivity index (χ4n) is 3.08. The normalized spacial score (nSPS) is 15.4. The van der Waals surface area contributed by atoms with E-state index in [0.717, 1.165) is 37.4 Å². The van der Waals surface area contributed by atoms with Gasteiger partial charge in [0.1, 0.15) is 0 Å². The monoisotopic (exact) mass is 348 g/mol. The average Bonchev–Trinajstić information content (AvgIpc) is 3.14. The quantitative estimate of drug-likeness (QED) is 0.384. The largest absolute Gasteiger partial charge is 0.493 e. The first-order valence-corrected chi connectivity index (χ1v) is 9.20. The number of aliphatic imine (C=N–C) groups is 1. The first kappa shape index (κ1) is 19.4. The zero-order chi connectivity index (χ0) is 17.9. The number of nitrogens with one attached hydrogen (secondary N) is 1. The van der Waals surface area contributed by atoms with E-state index in [0.29, 0.717) is 5.96 Å². The molecule has 1 saturated heterocycles. The second kappa shape index (κ2) is 10.8. The number of nitrogens with two attached hydrogens (primary N) is 1. The molecule has 25 heavy (non-hydrogen) atoms. The third kappa shape index (κ3) is 6.82. The lowest BCUT2D eigenvalue weighted by Gasteiger charge is -2.13.